The molecule has 1 fully saturated rings. The Balaban J connectivity index is 1.40. The van der Waals surface area contributed by atoms with Crippen molar-refractivity contribution in [2.24, 2.45) is 5.92 Å². The molecule has 0 unspecified atom stereocenters. The van der Waals surface area contributed by atoms with E-state index in [4.69, 9.17) is 16.3 Å². The number of alkyl halides is 3. The van der Waals surface area contributed by atoms with Crippen molar-refractivity contribution in [2.75, 3.05) is 0 Å². The zero-order chi connectivity index (χ0) is 24.3. The molecule has 0 aromatic heterocycles. The second kappa shape index (κ2) is 10.9. The predicted octanol–water partition coefficient (Wildman–Crippen LogP) is 9.34. The molecule has 0 atom stereocenters. The summed E-state index contributed by atoms with van der Waals surface area (Å²) in [5.41, 5.74) is 0.649. The third-order valence-corrected chi connectivity index (χ3v) is 7.87. The third-order valence-electron chi connectivity index (χ3n) is 6.32. The molecule has 1 saturated carbocycles. The van der Waals surface area contributed by atoms with Crippen molar-refractivity contribution in [3.63, 3.8) is 0 Å². The lowest BCUT2D eigenvalue weighted by molar-refractivity contribution is -0.185. The maximum atomic E-state index is 14.7. The molecule has 0 aliphatic heterocycles. The van der Waals surface area contributed by atoms with Crippen molar-refractivity contribution in [1.82, 2.24) is 0 Å². The fourth-order valence-electron chi connectivity index (χ4n) is 4.31. The van der Waals surface area contributed by atoms with Crippen LogP contribution in [-0.4, -0.2) is 3.92 Å². The lowest BCUT2D eigenvalue weighted by Crippen LogP contribution is -2.22. The second-order valence-electron chi connectivity index (χ2n) is 8.74. The minimum atomic E-state index is -3.73. The van der Waals surface area contributed by atoms with Crippen LogP contribution in [0.5, 0.6) is 5.75 Å². The summed E-state index contributed by atoms with van der Waals surface area (Å²) >= 11 is 8.17. The Bertz CT molecular complexity index is 1130. The molecule has 1 aliphatic rings. The lowest BCUT2D eigenvalue weighted by atomic mass is 9.85. The Hall–Kier alpha value is -1.80. The molecule has 0 spiro atoms. The fraction of sp³-hybridized carbons (Fsp3) is 0.333. The maximum absolute atomic E-state index is 14.7. The van der Waals surface area contributed by atoms with Crippen molar-refractivity contribution in [2.45, 2.75) is 48.6 Å². The van der Waals surface area contributed by atoms with E-state index in [0.29, 0.717) is 6.07 Å². The maximum Gasteiger partial charge on any atom is 0.426 e. The smallest absolute Gasteiger partial charge is 0.426 e. The van der Waals surface area contributed by atoms with Gasteiger partial charge in [0.2, 0.25) is 0 Å². The summed E-state index contributed by atoms with van der Waals surface area (Å²) in [5.74, 6) is -0.890. The van der Waals surface area contributed by atoms with Gasteiger partial charge in [0.1, 0.15) is 17.4 Å². The van der Waals surface area contributed by atoms with Crippen LogP contribution < -0.4 is 4.74 Å². The van der Waals surface area contributed by atoms with Crippen LogP contribution in [0.4, 0.5) is 17.6 Å². The van der Waals surface area contributed by atoms with Crippen LogP contribution in [0, 0.1) is 17.6 Å². The monoisotopic (exact) mass is 602 g/mol. The van der Waals surface area contributed by atoms with Gasteiger partial charge >= 0.3 is 6.11 Å². The van der Waals surface area contributed by atoms with Crippen molar-refractivity contribution < 1.29 is 22.3 Å². The number of rotatable bonds is 7. The molecule has 0 bridgehead atoms. The zero-order valence-corrected chi connectivity index (χ0v) is 21.3. The molecule has 4 rings (SSSR count). The van der Waals surface area contributed by atoms with Gasteiger partial charge in [0.05, 0.1) is 10.6 Å². The SMILES string of the molecule is Fc1cc(-c2ccc(C(F)(F)Oc3ccc(CCC4CCC(I)CC4)cc3)cc2F)ccc1Cl. The first kappa shape index (κ1) is 25.3. The van der Waals surface area contributed by atoms with Crippen LogP contribution in [0.3, 0.4) is 0 Å². The first-order valence-corrected chi connectivity index (χ1v) is 12.9. The molecule has 7 heteroatoms. The van der Waals surface area contributed by atoms with Crippen LogP contribution in [-0.2, 0) is 12.5 Å². The number of ether oxygens (including phenoxy) is 1. The average molecular weight is 603 g/mol. The molecule has 1 nitrogen and oxygen atoms in total. The molecule has 0 N–H and O–H groups in total. The van der Waals surface area contributed by atoms with Gasteiger partial charge in [-0.2, -0.15) is 8.78 Å². The van der Waals surface area contributed by atoms with Gasteiger partial charge in [-0.05, 0) is 92.0 Å². The molecular weight excluding hydrogens is 579 g/mol. The van der Waals surface area contributed by atoms with E-state index in [1.54, 1.807) is 12.1 Å². The Labute approximate surface area is 215 Å². The predicted molar refractivity (Wildman–Crippen MR) is 136 cm³/mol. The highest BCUT2D eigenvalue weighted by molar-refractivity contribution is 14.1. The number of hydrogen-bond acceptors (Lipinski definition) is 1. The van der Waals surface area contributed by atoms with Gasteiger partial charge in [-0.15, -0.1) is 0 Å². The normalized spacial score (nSPS) is 18.6. The fourth-order valence-corrected chi connectivity index (χ4v) is 5.14. The zero-order valence-electron chi connectivity index (χ0n) is 18.3. The number of hydrogen-bond donors (Lipinski definition) is 0. The van der Waals surface area contributed by atoms with Crippen LogP contribution in [0.2, 0.25) is 5.02 Å². The van der Waals surface area contributed by atoms with Crippen molar-refractivity contribution in [3.8, 4) is 16.9 Å². The summed E-state index contributed by atoms with van der Waals surface area (Å²) in [7, 11) is 0. The molecule has 0 saturated heterocycles. The molecular formula is C27H24ClF4IO. The molecule has 180 valence electrons. The standard InChI is InChI=1S/C27H24ClF4IO/c28-24-14-7-19(15-26(24)30)23-13-8-20(16-25(23)29)27(31,32)34-22-11-5-18(6-12-22)2-1-17-3-9-21(33)10-4-17/h5-8,11-17,21H,1-4,9-10H2. The van der Waals surface area contributed by atoms with Crippen molar-refractivity contribution in [3.05, 3.63) is 88.4 Å². The summed E-state index contributed by atoms with van der Waals surface area (Å²) < 4.78 is 63.5. The average Bonchev–Trinajstić information content (AvgIpc) is 2.81. The third kappa shape index (κ3) is 6.25. The van der Waals surface area contributed by atoms with Gasteiger partial charge in [-0.1, -0.05) is 58.5 Å². The van der Waals surface area contributed by atoms with E-state index in [1.165, 1.54) is 56.0 Å². The summed E-state index contributed by atoms with van der Waals surface area (Å²) in [4.78, 5) is 0. The Morgan fingerprint density at radius 3 is 2.24 bits per heavy atom. The highest BCUT2D eigenvalue weighted by Crippen LogP contribution is 2.35. The molecule has 34 heavy (non-hydrogen) atoms. The van der Waals surface area contributed by atoms with E-state index in [-0.39, 0.29) is 21.9 Å². The quantitative estimate of drug-likeness (QED) is 0.149. The van der Waals surface area contributed by atoms with Gasteiger partial charge < -0.3 is 4.74 Å². The molecule has 0 heterocycles. The Kier molecular flexibility index (Phi) is 8.08. The minimum Gasteiger partial charge on any atom is -0.429 e. The van der Waals surface area contributed by atoms with Gasteiger partial charge in [0.25, 0.3) is 0 Å². The summed E-state index contributed by atoms with van der Waals surface area (Å²) in [6, 6.07) is 13.4. The topological polar surface area (TPSA) is 9.23 Å². The lowest BCUT2D eigenvalue weighted by Gasteiger charge is -2.25. The molecule has 3 aromatic rings. The van der Waals surface area contributed by atoms with E-state index in [1.807, 2.05) is 0 Å². The first-order chi connectivity index (χ1) is 16.2. The van der Waals surface area contributed by atoms with Gasteiger partial charge in [-0.25, -0.2) is 8.78 Å². The minimum absolute atomic E-state index is 0.00317. The summed E-state index contributed by atoms with van der Waals surface area (Å²) in [6.07, 6.45) is 3.32. The van der Waals surface area contributed by atoms with Crippen LogP contribution in [0.15, 0.2) is 60.7 Å². The first-order valence-electron chi connectivity index (χ1n) is 11.3. The number of aryl methyl sites for hydroxylation is 1. The highest BCUT2D eigenvalue weighted by Gasteiger charge is 2.35. The van der Waals surface area contributed by atoms with E-state index in [2.05, 4.69) is 22.6 Å². The Morgan fingerprint density at radius 2 is 1.59 bits per heavy atom. The largest absolute Gasteiger partial charge is 0.429 e. The Morgan fingerprint density at radius 1 is 0.882 bits per heavy atom. The molecule has 0 amide bonds. The number of halogens is 6. The van der Waals surface area contributed by atoms with Crippen molar-refractivity contribution in [1.29, 1.82) is 0 Å². The summed E-state index contributed by atoms with van der Waals surface area (Å²) in [5, 5.41) is -0.102. The van der Waals surface area contributed by atoms with Gasteiger partial charge in [0.15, 0.2) is 0 Å². The highest BCUT2D eigenvalue weighted by atomic mass is 127. The van der Waals surface area contributed by atoms with Crippen LogP contribution in [0.1, 0.15) is 43.2 Å². The molecule has 3 aromatic carbocycles. The van der Waals surface area contributed by atoms with Crippen LogP contribution in [0.25, 0.3) is 11.1 Å². The van der Waals surface area contributed by atoms with E-state index in [0.717, 1.165) is 40.4 Å². The van der Waals surface area contributed by atoms with E-state index < -0.39 is 23.3 Å². The molecule has 0 radical (unpaired) electrons. The van der Waals surface area contributed by atoms with E-state index >= 15 is 0 Å². The van der Waals surface area contributed by atoms with Gasteiger partial charge in [0, 0.05) is 9.49 Å². The summed E-state index contributed by atoms with van der Waals surface area (Å²) in [6.45, 7) is 0. The molecule has 1 aliphatic carbocycles. The van der Waals surface area contributed by atoms with Crippen LogP contribution >= 0.6 is 34.2 Å². The van der Waals surface area contributed by atoms with Gasteiger partial charge in [-0.3, -0.25) is 0 Å². The number of benzene rings is 3. The van der Waals surface area contributed by atoms with E-state index in [9.17, 15) is 17.6 Å². The second-order valence-corrected chi connectivity index (χ2v) is 10.9. The van der Waals surface area contributed by atoms with Crippen molar-refractivity contribution >= 4 is 34.2 Å².